The number of amides is 1. The number of thioether (sulfide) groups is 1. The van der Waals surface area contributed by atoms with Gasteiger partial charge in [0, 0.05) is 5.69 Å². The largest absolute Gasteiger partial charge is 0.462 e. The molecule has 0 aliphatic heterocycles. The van der Waals surface area contributed by atoms with E-state index in [9.17, 15) is 14.4 Å². The summed E-state index contributed by atoms with van der Waals surface area (Å²) in [6.45, 7) is 7.00. The number of ether oxygens (including phenoxy) is 1. The van der Waals surface area contributed by atoms with Crippen LogP contribution < -0.4 is 10.6 Å². The van der Waals surface area contributed by atoms with E-state index < -0.39 is 5.97 Å². The Morgan fingerprint density at radius 2 is 1.94 bits per heavy atom. The van der Waals surface area contributed by atoms with Crippen LogP contribution in [-0.2, 0) is 9.53 Å². The van der Waals surface area contributed by atoms with Crippen molar-refractivity contribution >= 4 is 67.9 Å². The lowest BCUT2D eigenvalue weighted by Crippen LogP contribution is -2.16. The number of carbonyl (C=O) groups excluding carboxylic acids is 3. The zero-order chi connectivity index (χ0) is 23.3. The molecule has 8 nitrogen and oxygen atoms in total. The zero-order valence-electron chi connectivity index (χ0n) is 18.0. The van der Waals surface area contributed by atoms with Crippen LogP contribution in [-0.4, -0.2) is 40.2 Å². The first-order valence-corrected chi connectivity index (χ1v) is 12.3. The molecule has 0 aliphatic rings. The standard InChI is InChI=1S/C21H22N4O4S3/c1-5-29-19(28)16-12(3)17(13(4)26)31-18(16)23-15(27)10-30-21-25-24-20(32-21)22-14-8-6-7-11(2)9-14/h6-9H,5,10H2,1-4H3,(H,22,24)(H,23,27). The third-order valence-corrected chi connectivity index (χ3v) is 7.48. The first kappa shape index (κ1) is 23.9. The molecule has 0 fully saturated rings. The van der Waals surface area contributed by atoms with Gasteiger partial charge in [0.1, 0.15) is 5.00 Å². The molecule has 0 saturated carbocycles. The molecule has 2 N–H and O–H groups in total. The number of aromatic nitrogens is 2. The van der Waals surface area contributed by atoms with Crippen LogP contribution in [0.2, 0.25) is 0 Å². The van der Waals surface area contributed by atoms with E-state index in [4.69, 9.17) is 4.74 Å². The number of ketones is 1. The lowest BCUT2D eigenvalue weighted by Gasteiger charge is -2.06. The van der Waals surface area contributed by atoms with Crippen molar-refractivity contribution in [2.75, 3.05) is 23.0 Å². The fourth-order valence-corrected chi connectivity index (χ4v) is 5.52. The molecular formula is C21H22N4O4S3. The lowest BCUT2D eigenvalue weighted by atomic mass is 10.1. The summed E-state index contributed by atoms with van der Waals surface area (Å²) >= 11 is 3.66. The van der Waals surface area contributed by atoms with Crippen LogP contribution in [0.1, 0.15) is 45.0 Å². The number of anilines is 3. The number of thiophene rings is 1. The molecule has 2 aromatic heterocycles. The number of esters is 1. The third kappa shape index (κ3) is 5.93. The van der Waals surface area contributed by atoms with Gasteiger partial charge in [0.2, 0.25) is 11.0 Å². The predicted molar refractivity (Wildman–Crippen MR) is 129 cm³/mol. The van der Waals surface area contributed by atoms with E-state index in [1.54, 1.807) is 13.8 Å². The average molecular weight is 491 g/mol. The maximum absolute atomic E-state index is 12.5. The third-order valence-electron chi connectivity index (χ3n) is 4.20. The Balaban J connectivity index is 1.64. The van der Waals surface area contributed by atoms with E-state index in [0.29, 0.717) is 24.9 Å². The molecule has 3 aromatic rings. The van der Waals surface area contributed by atoms with Gasteiger partial charge in [-0.1, -0.05) is 35.2 Å². The van der Waals surface area contributed by atoms with Crippen molar-refractivity contribution in [2.24, 2.45) is 0 Å². The molecule has 32 heavy (non-hydrogen) atoms. The Morgan fingerprint density at radius 3 is 2.62 bits per heavy atom. The van der Waals surface area contributed by atoms with Gasteiger partial charge in [-0.05, 0) is 51.0 Å². The summed E-state index contributed by atoms with van der Waals surface area (Å²) in [5.41, 5.74) is 2.78. The average Bonchev–Trinajstić information content (AvgIpc) is 3.30. The van der Waals surface area contributed by atoms with Crippen LogP contribution in [0.5, 0.6) is 0 Å². The minimum absolute atomic E-state index is 0.0771. The van der Waals surface area contributed by atoms with E-state index >= 15 is 0 Å². The van der Waals surface area contributed by atoms with E-state index in [0.717, 1.165) is 22.6 Å². The molecule has 0 spiro atoms. The lowest BCUT2D eigenvalue weighted by molar-refractivity contribution is -0.113. The summed E-state index contributed by atoms with van der Waals surface area (Å²) in [6, 6.07) is 7.90. The van der Waals surface area contributed by atoms with Gasteiger partial charge >= 0.3 is 5.97 Å². The molecule has 0 aliphatic carbocycles. The van der Waals surface area contributed by atoms with Crippen LogP contribution in [0.25, 0.3) is 0 Å². The van der Waals surface area contributed by atoms with Gasteiger partial charge in [-0.25, -0.2) is 4.79 Å². The summed E-state index contributed by atoms with van der Waals surface area (Å²) in [5.74, 6) is -0.975. The summed E-state index contributed by atoms with van der Waals surface area (Å²) in [6.07, 6.45) is 0. The summed E-state index contributed by atoms with van der Waals surface area (Å²) in [7, 11) is 0. The highest BCUT2D eigenvalue weighted by molar-refractivity contribution is 8.01. The predicted octanol–water partition coefficient (Wildman–Crippen LogP) is 5.07. The fraction of sp³-hybridized carbons (Fsp3) is 0.286. The van der Waals surface area contributed by atoms with Crippen LogP contribution in [0, 0.1) is 13.8 Å². The Hall–Kier alpha value is -2.76. The van der Waals surface area contributed by atoms with Crippen molar-refractivity contribution in [3.05, 3.63) is 45.8 Å². The van der Waals surface area contributed by atoms with E-state index in [1.165, 1.54) is 30.0 Å². The second kappa shape index (κ2) is 10.7. The molecular weight excluding hydrogens is 468 g/mol. The van der Waals surface area contributed by atoms with Crippen LogP contribution in [0.3, 0.4) is 0 Å². The van der Waals surface area contributed by atoms with Gasteiger partial charge in [-0.15, -0.1) is 21.5 Å². The quantitative estimate of drug-likeness (QED) is 0.243. The molecule has 11 heteroatoms. The van der Waals surface area contributed by atoms with Gasteiger partial charge < -0.3 is 15.4 Å². The molecule has 1 aromatic carbocycles. The van der Waals surface area contributed by atoms with Crippen LogP contribution in [0.4, 0.5) is 15.8 Å². The van der Waals surface area contributed by atoms with Crippen molar-refractivity contribution in [2.45, 2.75) is 32.0 Å². The van der Waals surface area contributed by atoms with Crippen molar-refractivity contribution in [3.8, 4) is 0 Å². The smallest absolute Gasteiger partial charge is 0.341 e. The topological polar surface area (TPSA) is 110 Å². The van der Waals surface area contributed by atoms with E-state index in [2.05, 4.69) is 20.8 Å². The molecule has 2 heterocycles. The van der Waals surface area contributed by atoms with Gasteiger partial charge in [0.15, 0.2) is 10.1 Å². The highest BCUT2D eigenvalue weighted by Crippen LogP contribution is 2.34. The Labute approximate surface area is 197 Å². The minimum Gasteiger partial charge on any atom is -0.462 e. The number of hydrogen-bond acceptors (Lipinski definition) is 10. The maximum Gasteiger partial charge on any atom is 0.341 e. The van der Waals surface area contributed by atoms with Crippen molar-refractivity contribution in [1.29, 1.82) is 0 Å². The van der Waals surface area contributed by atoms with Gasteiger partial charge in [-0.2, -0.15) is 0 Å². The van der Waals surface area contributed by atoms with Gasteiger partial charge in [0.25, 0.3) is 0 Å². The number of aryl methyl sites for hydroxylation is 1. The Morgan fingerprint density at radius 1 is 1.16 bits per heavy atom. The number of rotatable bonds is 9. The fourth-order valence-electron chi connectivity index (χ4n) is 2.84. The van der Waals surface area contributed by atoms with E-state index in [1.807, 2.05) is 31.2 Å². The van der Waals surface area contributed by atoms with Crippen LogP contribution >= 0.6 is 34.4 Å². The molecule has 0 unspecified atom stereocenters. The van der Waals surface area contributed by atoms with Gasteiger partial charge in [-0.3, -0.25) is 9.59 Å². The molecule has 168 valence electrons. The Kier molecular flexibility index (Phi) is 7.99. The number of nitrogens with one attached hydrogen (secondary N) is 2. The first-order chi connectivity index (χ1) is 15.3. The molecule has 0 radical (unpaired) electrons. The first-order valence-electron chi connectivity index (χ1n) is 9.69. The van der Waals surface area contributed by atoms with Crippen molar-refractivity contribution in [1.82, 2.24) is 10.2 Å². The molecule has 0 atom stereocenters. The van der Waals surface area contributed by atoms with Crippen molar-refractivity contribution < 1.29 is 19.1 Å². The summed E-state index contributed by atoms with van der Waals surface area (Å²) in [5, 5.41) is 15.1. The number of benzene rings is 1. The van der Waals surface area contributed by atoms with Crippen molar-refractivity contribution in [3.63, 3.8) is 0 Å². The number of Topliss-reactive ketones (excluding diaryl/α,β-unsaturated/α-hetero) is 1. The van der Waals surface area contributed by atoms with E-state index in [-0.39, 0.29) is 29.6 Å². The highest BCUT2D eigenvalue weighted by Gasteiger charge is 2.25. The number of hydrogen-bond donors (Lipinski definition) is 2. The highest BCUT2D eigenvalue weighted by atomic mass is 32.2. The maximum atomic E-state index is 12.5. The summed E-state index contributed by atoms with van der Waals surface area (Å²) < 4.78 is 5.72. The second-order valence-electron chi connectivity index (χ2n) is 6.74. The van der Waals surface area contributed by atoms with Gasteiger partial charge in [0.05, 0.1) is 22.8 Å². The normalized spacial score (nSPS) is 10.6. The SMILES string of the molecule is CCOC(=O)c1c(NC(=O)CSc2nnc(Nc3cccc(C)c3)s2)sc(C(C)=O)c1C. The minimum atomic E-state index is -0.562. The monoisotopic (exact) mass is 490 g/mol. The Bertz CT molecular complexity index is 1160. The summed E-state index contributed by atoms with van der Waals surface area (Å²) in [4.78, 5) is 37.2. The second-order valence-corrected chi connectivity index (χ2v) is 9.96. The molecule has 3 rings (SSSR count). The molecule has 0 saturated heterocycles. The van der Waals surface area contributed by atoms with Crippen LogP contribution in [0.15, 0.2) is 28.6 Å². The molecule has 1 amide bonds. The molecule has 0 bridgehead atoms. The zero-order valence-corrected chi connectivity index (χ0v) is 20.4. The number of nitrogens with zero attached hydrogens (tertiary/aromatic N) is 2. The number of carbonyl (C=O) groups is 3.